The molecule has 2 unspecified atom stereocenters. The minimum Gasteiger partial charge on any atom is -0.368 e. The molecule has 1 N–H and O–H groups in total. The van der Waals surface area contributed by atoms with Crippen LogP contribution in [-0.2, 0) is 9.59 Å². The Kier molecular flexibility index (Phi) is 7.67. The van der Waals surface area contributed by atoms with Gasteiger partial charge in [-0.15, -0.1) is 5.10 Å². The Bertz CT molecular complexity index is 2280. The maximum atomic E-state index is 14.1. The zero-order valence-corrected chi connectivity index (χ0v) is 28.1. The number of benzene rings is 2. The maximum Gasteiger partial charge on any atom is 0.262 e. The summed E-state index contributed by atoms with van der Waals surface area (Å²) in [4.78, 5) is 67.8. The van der Waals surface area contributed by atoms with E-state index in [9.17, 15) is 23.6 Å². The Morgan fingerprint density at radius 3 is 2.38 bits per heavy atom. The number of imide groups is 2. The van der Waals surface area contributed by atoms with Gasteiger partial charge in [0.25, 0.3) is 11.8 Å². The van der Waals surface area contributed by atoms with Crippen LogP contribution in [0.5, 0.6) is 0 Å². The third-order valence-corrected chi connectivity index (χ3v) is 10.5. The second kappa shape index (κ2) is 12.5. The largest absolute Gasteiger partial charge is 0.368 e. The summed E-state index contributed by atoms with van der Waals surface area (Å²) in [7, 11) is 0. The number of amides is 4. The number of halogens is 1. The van der Waals surface area contributed by atoms with Crippen molar-refractivity contribution in [1.29, 1.82) is 0 Å². The molecule has 52 heavy (non-hydrogen) atoms. The summed E-state index contributed by atoms with van der Waals surface area (Å²) >= 11 is 0. The van der Waals surface area contributed by atoms with Gasteiger partial charge in [-0.25, -0.2) is 18.9 Å². The van der Waals surface area contributed by atoms with Gasteiger partial charge in [-0.2, -0.15) is 0 Å². The van der Waals surface area contributed by atoms with Crippen LogP contribution in [0.2, 0.25) is 0 Å². The number of anilines is 3. The highest BCUT2D eigenvalue weighted by atomic mass is 19.1. The van der Waals surface area contributed by atoms with Gasteiger partial charge < -0.3 is 14.7 Å². The Labute approximate surface area is 297 Å². The molecule has 262 valence electrons. The van der Waals surface area contributed by atoms with Crippen LogP contribution in [0.4, 0.5) is 21.7 Å². The summed E-state index contributed by atoms with van der Waals surface area (Å²) in [5.74, 6) is -0.682. The first kappa shape index (κ1) is 31.8. The maximum absolute atomic E-state index is 14.1. The molecule has 0 saturated carbocycles. The number of fused-ring (bicyclic) bond motifs is 2. The molecule has 14 heteroatoms. The van der Waals surface area contributed by atoms with Gasteiger partial charge in [0.1, 0.15) is 29.2 Å². The lowest BCUT2D eigenvalue weighted by molar-refractivity contribution is -0.136. The Morgan fingerprint density at radius 2 is 1.56 bits per heavy atom. The summed E-state index contributed by atoms with van der Waals surface area (Å²) in [6, 6.07) is 20.9. The van der Waals surface area contributed by atoms with Gasteiger partial charge in [0.15, 0.2) is 5.65 Å². The average molecular weight is 700 g/mol. The number of hydrogen-bond donors (Lipinski definition) is 1. The van der Waals surface area contributed by atoms with Gasteiger partial charge in [-0.3, -0.25) is 29.4 Å². The molecule has 4 aliphatic heterocycles. The molecule has 0 radical (unpaired) electrons. The van der Waals surface area contributed by atoms with Gasteiger partial charge in [0, 0.05) is 44.8 Å². The molecule has 3 aromatic heterocycles. The molecule has 0 aliphatic carbocycles. The molecule has 3 saturated heterocycles. The standard InChI is InChI=1S/C38H34FN9O4/c39-24-5-1-4-23(20-24)29-7-3-15-46(29)34-13-12-32-40-22-31(48(32)43-34)28-6-2-8-33(41-28)45-18-16-44(17-19-45)25-9-10-26-27(21-25)38(52)47(37(26)51)30-11-14-35(49)42-36(30)50/h1-2,4-6,8-10,12-13,20-22,29-30H,3,7,11,14-19H2,(H,42,49,50). The number of carbonyl (C=O) groups excluding carboxylic acids is 4. The van der Waals surface area contributed by atoms with E-state index in [2.05, 4.69) is 25.0 Å². The minimum atomic E-state index is -0.997. The Morgan fingerprint density at radius 1 is 0.750 bits per heavy atom. The van der Waals surface area contributed by atoms with Crippen LogP contribution in [0.1, 0.15) is 58.0 Å². The fourth-order valence-corrected chi connectivity index (χ4v) is 7.88. The van der Waals surface area contributed by atoms with E-state index in [1.54, 1.807) is 30.5 Å². The molecule has 2 aromatic carbocycles. The zero-order chi connectivity index (χ0) is 35.5. The van der Waals surface area contributed by atoms with Crippen molar-refractivity contribution in [2.75, 3.05) is 47.4 Å². The molecule has 2 atom stereocenters. The third kappa shape index (κ3) is 5.41. The summed E-state index contributed by atoms with van der Waals surface area (Å²) < 4.78 is 15.9. The van der Waals surface area contributed by atoms with Gasteiger partial charge in [-0.1, -0.05) is 18.2 Å². The van der Waals surface area contributed by atoms with E-state index < -0.39 is 29.7 Å². The predicted molar refractivity (Wildman–Crippen MR) is 189 cm³/mol. The normalized spacial score (nSPS) is 20.6. The van der Waals surface area contributed by atoms with Gasteiger partial charge >= 0.3 is 0 Å². The molecule has 0 spiro atoms. The highest BCUT2D eigenvalue weighted by Crippen LogP contribution is 2.36. The monoisotopic (exact) mass is 699 g/mol. The van der Waals surface area contributed by atoms with Crippen LogP contribution in [0.3, 0.4) is 0 Å². The van der Waals surface area contributed by atoms with E-state index in [4.69, 9.17) is 10.1 Å². The van der Waals surface area contributed by atoms with Crippen LogP contribution in [0, 0.1) is 5.82 Å². The topological polar surface area (TPSA) is 136 Å². The van der Waals surface area contributed by atoms with Gasteiger partial charge in [0.05, 0.1) is 29.1 Å². The lowest BCUT2D eigenvalue weighted by atomic mass is 10.0. The molecular formula is C38H34FN9O4. The number of aromatic nitrogens is 4. The number of nitrogens with one attached hydrogen (secondary N) is 1. The second-order valence-corrected chi connectivity index (χ2v) is 13.5. The number of imidazole rings is 1. The number of rotatable bonds is 6. The van der Waals surface area contributed by atoms with Gasteiger partial charge in [0.2, 0.25) is 11.8 Å². The summed E-state index contributed by atoms with van der Waals surface area (Å²) in [6.07, 6.45) is 3.89. The van der Waals surface area contributed by atoms with Gasteiger partial charge in [-0.05, 0) is 79.4 Å². The molecule has 5 aromatic rings. The Hall–Kier alpha value is -6.18. The number of pyridine rings is 1. The average Bonchev–Trinajstić information content (AvgIpc) is 3.88. The van der Waals surface area contributed by atoms with Crippen molar-refractivity contribution >= 4 is 46.6 Å². The van der Waals surface area contributed by atoms with Crippen molar-refractivity contribution in [3.8, 4) is 11.4 Å². The number of hydrogen-bond acceptors (Lipinski definition) is 10. The van der Waals surface area contributed by atoms with Crippen molar-refractivity contribution in [2.24, 2.45) is 0 Å². The van der Waals surface area contributed by atoms with Crippen LogP contribution >= 0.6 is 0 Å². The fraction of sp³-hybridized carbons (Fsp3) is 0.289. The van der Waals surface area contributed by atoms with Crippen LogP contribution in [0.25, 0.3) is 17.0 Å². The Balaban J connectivity index is 0.906. The number of piperazine rings is 1. The zero-order valence-electron chi connectivity index (χ0n) is 28.1. The third-order valence-electron chi connectivity index (χ3n) is 10.5. The van der Waals surface area contributed by atoms with Crippen molar-refractivity contribution in [3.05, 3.63) is 102 Å². The molecule has 3 fully saturated rings. The van der Waals surface area contributed by atoms with Crippen LogP contribution in [-0.4, -0.2) is 86.9 Å². The molecule has 4 amide bonds. The molecule has 7 heterocycles. The quantitative estimate of drug-likeness (QED) is 0.259. The number of carbonyl (C=O) groups is 4. The lowest BCUT2D eigenvalue weighted by Gasteiger charge is -2.37. The molecule has 9 rings (SSSR count). The van der Waals surface area contributed by atoms with E-state index in [0.717, 1.165) is 58.6 Å². The van der Waals surface area contributed by atoms with Crippen molar-refractivity contribution in [3.63, 3.8) is 0 Å². The van der Waals surface area contributed by atoms with Crippen molar-refractivity contribution in [1.82, 2.24) is 29.8 Å². The first-order chi connectivity index (χ1) is 25.3. The molecule has 4 aliphatic rings. The molecule has 13 nitrogen and oxygen atoms in total. The van der Waals surface area contributed by atoms with E-state index in [0.29, 0.717) is 31.8 Å². The smallest absolute Gasteiger partial charge is 0.262 e. The van der Waals surface area contributed by atoms with E-state index >= 15 is 0 Å². The van der Waals surface area contributed by atoms with Crippen molar-refractivity contribution in [2.45, 2.75) is 37.8 Å². The van der Waals surface area contributed by atoms with E-state index in [1.807, 2.05) is 47.0 Å². The van der Waals surface area contributed by atoms with Crippen molar-refractivity contribution < 1.29 is 23.6 Å². The summed E-state index contributed by atoms with van der Waals surface area (Å²) in [5, 5.41) is 7.23. The number of nitrogens with zero attached hydrogens (tertiary/aromatic N) is 8. The van der Waals surface area contributed by atoms with E-state index in [1.165, 1.54) is 6.07 Å². The SMILES string of the molecule is O=C1CCC(N2C(=O)c3ccc(N4CCN(c5cccc(-c6cnc7ccc(N8CCCC8c8cccc(F)c8)nn67)n5)CC4)cc3C2=O)C(=O)N1. The highest BCUT2D eigenvalue weighted by Gasteiger charge is 2.45. The minimum absolute atomic E-state index is 0.0417. The summed E-state index contributed by atoms with van der Waals surface area (Å²) in [5.41, 5.74) is 4.50. The van der Waals surface area contributed by atoms with E-state index in [-0.39, 0.29) is 35.8 Å². The summed E-state index contributed by atoms with van der Waals surface area (Å²) in [6.45, 7) is 3.49. The predicted octanol–water partition coefficient (Wildman–Crippen LogP) is 4.00. The lowest BCUT2D eigenvalue weighted by Crippen LogP contribution is -2.54. The number of piperidine rings is 1. The highest BCUT2D eigenvalue weighted by molar-refractivity contribution is 6.23. The second-order valence-electron chi connectivity index (χ2n) is 13.5. The van der Waals surface area contributed by atoms with Crippen LogP contribution < -0.4 is 20.0 Å². The first-order valence-electron chi connectivity index (χ1n) is 17.5. The molecular weight excluding hydrogens is 665 g/mol. The van der Waals surface area contributed by atoms with Crippen LogP contribution in [0.15, 0.2) is 79.0 Å². The molecule has 0 bridgehead atoms. The fourth-order valence-electron chi connectivity index (χ4n) is 7.88. The first-order valence-corrected chi connectivity index (χ1v) is 17.5.